The molecule has 0 aromatic carbocycles. The van der Waals surface area contributed by atoms with E-state index in [4.69, 9.17) is 0 Å². The average molecular weight is 419 g/mol. The van der Waals surface area contributed by atoms with Crippen LogP contribution in [0.1, 0.15) is 91.9 Å². The van der Waals surface area contributed by atoms with Crippen molar-refractivity contribution in [2.24, 2.45) is 46.3 Å². The molecule has 4 aliphatic rings. The van der Waals surface area contributed by atoms with Gasteiger partial charge in [0.25, 0.3) is 0 Å². The molecule has 10 atom stereocenters. The van der Waals surface area contributed by atoms with E-state index in [0.717, 1.165) is 37.5 Å². The molecule has 0 aliphatic heterocycles. The number of hydrogen-bond acceptors (Lipinski definition) is 3. The van der Waals surface area contributed by atoms with E-state index in [1.807, 2.05) is 0 Å². The SMILES string of the molecule is CC(CO)CCC[C@@H](C)[C@H]1CCC2[C@H]3C(CC[C@@]21C)[C@@]1(C)CC[C@H](O)CC1=C[C@H]3O. The van der Waals surface area contributed by atoms with E-state index in [1.165, 1.54) is 44.1 Å². The van der Waals surface area contributed by atoms with Gasteiger partial charge in [-0.15, -0.1) is 0 Å². The topological polar surface area (TPSA) is 60.7 Å². The van der Waals surface area contributed by atoms with E-state index in [0.29, 0.717) is 35.7 Å². The zero-order valence-corrected chi connectivity index (χ0v) is 19.8. The molecule has 4 aliphatic carbocycles. The molecule has 172 valence electrons. The van der Waals surface area contributed by atoms with Crippen LogP contribution in [0, 0.1) is 46.3 Å². The highest BCUT2D eigenvalue weighted by molar-refractivity contribution is 5.27. The van der Waals surface area contributed by atoms with Gasteiger partial charge in [-0.25, -0.2) is 0 Å². The average Bonchev–Trinajstić information content (AvgIpc) is 3.06. The summed E-state index contributed by atoms with van der Waals surface area (Å²) in [4.78, 5) is 0. The Kier molecular flexibility index (Phi) is 6.48. The molecule has 3 saturated carbocycles. The molecule has 0 spiro atoms. The molecule has 4 rings (SSSR count). The van der Waals surface area contributed by atoms with Crippen LogP contribution in [0.2, 0.25) is 0 Å². The third kappa shape index (κ3) is 3.71. The maximum Gasteiger partial charge on any atom is 0.0757 e. The van der Waals surface area contributed by atoms with Crippen molar-refractivity contribution in [1.82, 2.24) is 0 Å². The first-order chi connectivity index (χ1) is 14.2. The van der Waals surface area contributed by atoms with Crippen LogP contribution in [0.4, 0.5) is 0 Å². The monoisotopic (exact) mass is 418 g/mol. The molecule has 0 aromatic rings. The summed E-state index contributed by atoms with van der Waals surface area (Å²) >= 11 is 0. The Morgan fingerprint density at radius 1 is 1.00 bits per heavy atom. The van der Waals surface area contributed by atoms with Gasteiger partial charge in [0.1, 0.15) is 0 Å². The van der Waals surface area contributed by atoms with Crippen molar-refractivity contribution in [2.45, 2.75) is 104 Å². The van der Waals surface area contributed by atoms with Gasteiger partial charge in [0.2, 0.25) is 0 Å². The van der Waals surface area contributed by atoms with Gasteiger partial charge < -0.3 is 15.3 Å². The Morgan fingerprint density at radius 2 is 1.77 bits per heavy atom. The smallest absolute Gasteiger partial charge is 0.0757 e. The molecule has 0 aromatic heterocycles. The van der Waals surface area contributed by atoms with E-state index in [2.05, 4.69) is 33.8 Å². The number of aliphatic hydroxyl groups excluding tert-OH is 3. The van der Waals surface area contributed by atoms with Crippen molar-refractivity contribution in [3.8, 4) is 0 Å². The maximum absolute atomic E-state index is 11.3. The third-order valence-corrected chi connectivity index (χ3v) is 10.5. The van der Waals surface area contributed by atoms with Gasteiger partial charge in [0.05, 0.1) is 12.2 Å². The van der Waals surface area contributed by atoms with Crippen molar-refractivity contribution in [3.05, 3.63) is 11.6 Å². The number of rotatable bonds is 6. The highest BCUT2D eigenvalue weighted by Gasteiger charge is 2.61. The molecule has 3 nitrogen and oxygen atoms in total. The second-order valence-corrected chi connectivity index (χ2v) is 12.2. The van der Waals surface area contributed by atoms with Crippen molar-refractivity contribution >= 4 is 0 Å². The summed E-state index contributed by atoms with van der Waals surface area (Å²) in [5.41, 5.74) is 1.90. The van der Waals surface area contributed by atoms with E-state index >= 15 is 0 Å². The molecule has 0 radical (unpaired) electrons. The molecule has 0 amide bonds. The summed E-state index contributed by atoms with van der Waals surface area (Å²) in [6.07, 6.45) is 13.2. The standard InChI is InChI=1S/C27H46O3/c1-17(16-28)6-5-7-18(2)21-8-9-22-25-23(11-13-27(21,22)4)26(3)12-10-20(29)14-19(26)15-24(25)30/h15,17-18,20-25,28-30H,5-14,16H2,1-4H3/t17?,18-,20+,21-,22?,23?,24-,25+,26+,27-/m1/s1. The Labute approximate surface area is 184 Å². The first kappa shape index (κ1) is 22.8. The first-order valence-corrected chi connectivity index (χ1v) is 12.9. The van der Waals surface area contributed by atoms with Crippen molar-refractivity contribution in [2.75, 3.05) is 6.61 Å². The summed E-state index contributed by atoms with van der Waals surface area (Å²) in [7, 11) is 0. The van der Waals surface area contributed by atoms with Crippen LogP contribution in [-0.4, -0.2) is 34.1 Å². The maximum atomic E-state index is 11.3. The molecule has 0 bridgehead atoms. The second-order valence-electron chi connectivity index (χ2n) is 12.2. The van der Waals surface area contributed by atoms with Gasteiger partial charge in [0.15, 0.2) is 0 Å². The lowest BCUT2D eigenvalue weighted by atomic mass is 9.46. The number of aliphatic hydroxyl groups is 3. The van der Waals surface area contributed by atoms with E-state index < -0.39 is 0 Å². The first-order valence-electron chi connectivity index (χ1n) is 12.9. The van der Waals surface area contributed by atoms with Crippen LogP contribution in [0.15, 0.2) is 11.6 Å². The number of hydrogen-bond donors (Lipinski definition) is 3. The fourth-order valence-electron chi connectivity index (χ4n) is 8.69. The Bertz CT molecular complexity index is 644. The van der Waals surface area contributed by atoms with Crippen molar-refractivity contribution < 1.29 is 15.3 Å². The van der Waals surface area contributed by atoms with Gasteiger partial charge in [0, 0.05) is 6.61 Å². The van der Waals surface area contributed by atoms with Crippen LogP contribution in [0.5, 0.6) is 0 Å². The molecule has 30 heavy (non-hydrogen) atoms. The van der Waals surface area contributed by atoms with Crippen LogP contribution in [0.25, 0.3) is 0 Å². The normalized spacial score (nSPS) is 47.6. The molecule has 3 N–H and O–H groups in total. The minimum Gasteiger partial charge on any atom is -0.396 e. The van der Waals surface area contributed by atoms with Gasteiger partial charge in [-0.1, -0.05) is 52.2 Å². The summed E-state index contributed by atoms with van der Waals surface area (Å²) in [6.45, 7) is 9.92. The molecule has 3 unspecified atom stereocenters. The number of fused-ring (bicyclic) bond motifs is 5. The van der Waals surface area contributed by atoms with Crippen molar-refractivity contribution in [1.29, 1.82) is 0 Å². The molecule has 0 heterocycles. The summed E-state index contributed by atoms with van der Waals surface area (Å²) in [5.74, 6) is 3.54. The fraction of sp³-hybridized carbons (Fsp3) is 0.926. The molecule has 3 heteroatoms. The Morgan fingerprint density at radius 3 is 2.50 bits per heavy atom. The fourth-order valence-corrected chi connectivity index (χ4v) is 8.69. The lowest BCUT2D eigenvalue weighted by Gasteiger charge is -2.59. The Balaban J connectivity index is 1.50. The van der Waals surface area contributed by atoms with Gasteiger partial charge in [-0.05, 0) is 97.7 Å². The highest BCUT2D eigenvalue weighted by atomic mass is 16.3. The highest BCUT2D eigenvalue weighted by Crippen LogP contribution is 2.67. The zero-order valence-electron chi connectivity index (χ0n) is 19.8. The van der Waals surface area contributed by atoms with E-state index in [9.17, 15) is 15.3 Å². The quantitative estimate of drug-likeness (QED) is 0.511. The molecular weight excluding hydrogens is 372 g/mol. The van der Waals surface area contributed by atoms with E-state index in [-0.39, 0.29) is 17.6 Å². The van der Waals surface area contributed by atoms with Gasteiger partial charge in [-0.3, -0.25) is 0 Å². The largest absolute Gasteiger partial charge is 0.396 e. The lowest BCUT2D eigenvalue weighted by Crippen LogP contribution is -2.54. The van der Waals surface area contributed by atoms with Crippen LogP contribution in [0.3, 0.4) is 0 Å². The van der Waals surface area contributed by atoms with Gasteiger partial charge >= 0.3 is 0 Å². The molecular formula is C27H46O3. The van der Waals surface area contributed by atoms with Crippen molar-refractivity contribution in [3.63, 3.8) is 0 Å². The summed E-state index contributed by atoms with van der Waals surface area (Å²) < 4.78 is 0. The predicted octanol–water partition coefficient (Wildman–Crippen LogP) is 5.33. The molecule has 3 fully saturated rings. The minimum absolute atomic E-state index is 0.189. The van der Waals surface area contributed by atoms with Crippen LogP contribution < -0.4 is 0 Å². The third-order valence-electron chi connectivity index (χ3n) is 10.5. The lowest BCUT2D eigenvalue weighted by molar-refractivity contribution is -0.0971. The van der Waals surface area contributed by atoms with Crippen LogP contribution >= 0.6 is 0 Å². The Hall–Kier alpha value is -0.380. The summed E-state index contributed by atoms with van der Waals surface area (Å²) in [6, 6.07) is 0. The van der Waals surface area contributed by atoms with Crippen LogP contribution in [-0.2, 0) is 0 Å². The zero-order chi connectivity index (χ0) is 21.7. The van der Waals surface area contributed by atoms with E-state index in [1.54, 1.807) is 0 Å². The predicted molar refractivity (Wildman–Crippen MR) is 122 cm³/mol. The molecule has 0 saturated heterocycles. The van der Waals surface area contributed by atoms with Gasteiger partial charge in [-0.2, -0.15) is 0 Å². The minimum atomic E-state index is -0.326. The second kappa shape index (κ2) is 8.52. The summed E-state index contributed by atoms with van der Waals surface area (Å²) in [5, 5.41) is 30.8.